The molecule has 2 aromatic rings. The van der Waals surface area contributed by atoms with Crippen LogP contribution in [0.1, 0.15) is 0 Å². The molecule has 0 aliphatic rings. The quantitative estimate of drug-likeness (QED) is 0.482. The Morgan fingerprint density at radius 2 is 1.94 bits per heavy atom. The Labute approximate surface area is 92.0 Å². The fourth-order valence-corrected chi connectivity index (χ4v) is 1.16. The molecule has 1 aromatic heterocycles. The molecule has 5 nitrogen and oxygen atoms in total. The number of hydrogen-bond acceptors (Lipinski definition) is 3. The highest BCUT2D eigenvalue weighted by Gasteiger charge is 2.07. The molecule has 1 heterocycles. The van der Waals surface area contributed by atoms with Crippen LogP contribution in [0.25, 0.3) is 0 Å². The molecule has 1 aromatic carbocycles. The molecule has 0 unspecified atom stereocenters. The summed E-state index contributed by atoms with van der Waals surface area (Å²) in [6, 6.07) is 9.81. The van der Waals surface area contributed by atoms with E-state index in [-0.39, 0.29) is 0 Å². The van der Waals surface area contributed by atoms with Crippen LogP contribution < -0.4 is 10.6 Å². The van der Waals surface area contributed by atoms with Crippen molar-refractivity contribution in [3.05, 3.63) is 53.7 Å². The van der Waals surface area contributed by atoms with Crippen molar-refractivity contribution in [3.63, 3.8) is 0 Å². The molecule has 5 heteroatoms. The van der Waals surface area contributed by atoms with Gasteiger partial charge in [-0.3, -0.25) is 4.98 Å². The van der Waals surface area contributed by atoms with Gasteiger partial charge in [0.1, 0.15) is 11.5 Å². The second-order valence-electron chi connectivity index (χ2n) is 3.04. The smallest absolute Gasteiger partial charge is 0.291 e. The van der Waals surface area contributed by atoms with Crippen molar-refractivity contribution in [1.82, 2.24) is 4.98 Å². The van der Waals surface area contributed by atoms with Crippen LogP contribution in [0.5, 0.6) is 11.5 Å². The number of benzene rings is 1. The van der Waals surface area contributed by atoms with Gasteiger partial charge in [-0.05, 0) is 18.2 Å². The molecule has 0 fully saturated rings. The van der Waals surface area contributed by atoms with Crippen LogP contribution in [0.15, 0.2) is 42.6 Å². The highest BCUT2D eigenvalue weighted by Crippen LogP contribution is 2.22. The Morgan fingerprint density at radius 1 is 1.19 bits per heavy atom. The highest BCUT2D eigenvalue weighted by atomic mass is 16.5. The van der Waals surface area contributed by atoms with E-state index in [1.165, 1.54) is 0 Å². The molecule has 16 heavy (non-hydrogen) atoms. The first-order valence-electron chi connectivity index (χ1n) is 4.58. The van der Waals surface area contributed by atoms with Crippen LogP contribution in [0.2, 0.25) is 0 Å². The predicted molar refractivity (Wildman–Crippen MR) is 57.1 cm³/mol. The van der Waals surface area contributed by atoms with Crippen LogP contribution in [0.4, 0.5) is 5.69 Å². The summed E-state index contributed by atoms with van der Waals surface area (Å²) >= 11 is 0. The molecular formula is C11H9N3O2+. The summed E-state index contributed by atoms with van der Waals surface area (Å²) < 4.78 is 5.48. The van der Waals surface area contributed by atoms with Crippen LogP contribution in [-0.2, 0) is 0 Å². The van der Waals surface area contributed by atoms with E-state index in [9.17, 15) is 4.91 Å². The molecule has 0 aliphatic heterocycles. The van der Waals surface area contributed by atoms with Gasteiger partial charge in [0, 0.05) is 24.4 Å². The molecule has 0 spiro atoms. The first-order chi connectivity index (χ1) is 7.75. The van der Waals surface area contributed by atoms with E-state index in [1.54, 1.807) is 42.6 Å². The number of ether oxygens (including phenoxy) is 1. The van der Waals surface area contributed by atoms with Gasteiger partial charge >= 0.3 is 0 Å². The van der Waals surface area contributed by atoms with Crippen molar-refractivity contribution in [2.75, 3.05) is 0 Å². The van der Waals surface area contributed by atoms with Crippen LogP contribution in [0, 0.1) is 11.1 Å². The standard InChI is InChI=1S/C11H9N3O2/c12-14(15)9-1-3-10(4-2-9)16-11-5-7-13-8-6-11/h1-7H,(H2,12,15)/q+1. The van der Waals surface area contributed by atoms with Crippen molar-refractivity contribution in [2.24, 2.45) is 5.84 Å². The first-order valence-corrected chi connectivity index (χ1v) is 4.58. The Kier molecular flexibility index (Phi) is 2.77. The Bertz CT molecular complexity index is 482. The minimum atomic E-state index is 0.296. The van der Waals surface area contributed by atoms with Crippen molar-refractivity contribution in [1.29, 1.82) is 0 Å². The Morgan fingerprint density at radius 3 is 2.50 bits per heavy atom. The third-order valence-corrected chi connectivity index (χ3v) is 1.92. The maximum atomic E-state index is 10.8. The van der Waals surface area contributed by atoms with Gasteiger partial charge in [-0.15, -0.1) is 0 Å². The van der Waals surface area contributed by atoms with Crippen LogP contribution in [0.3, 0.4) is 0 Å². The summed E-state index contributed by atoms with van der Waals surface area (Å²) in [6.45, 7) is 0. The topological polar surface area (TPSA) is 68.2 Å². The van der Waals surface area contributed by atoms with E-state index in [2.05, 4.69) is 11.2 Å². The first kappa shape index (κ1) is 10.1. The fraction of sp³-hybridized carbons (Fsp3) is 0. The predicted octanol–water partition coefficient (Wildman–Crippen LogP) is 1.96. The van der Waals surface area contributed by atoms with Gasteiger partial charge in [0.05, 0.1) is 11.1 Å². The van der Waals surface area contributed by atoms with Crippen molar-refractivity contribution in [3.8, 4) is 11.5 Å². The van der Waals surface area contributed by atoms with Gasteiger partial charge in [-0.1, -0.05) is 0 Å². The maximum absolute atomic E-state index is 10.8. The van der Waals surface area contributed by atoms with E-state index in [4.69, 9.17) is 10.6 Å². The molecule has 79 valence electrons. The summed E-state index contributed by atoms with van der Waals surface area (Å²) in [5.74, 6) is 6.29. The second-order valence-corrected chi connectivity index (χ2v) is 3.04. The van der Waals surface area contributed by atoms with Gasteiger partial charge in [-0.2, -0.15) is 5.84 Å². The summed E-state index contributed by atoms with van der Waals surface area (Å²) in [5, 5.41) is 0. The van der Waals surface area contributed by atoms with Gasteiger partial charge < -0.3 is 4.74 Å². The molecule has 0 bridgehead atoms. The van der Waals surface area contributed by atoms with Crippen molar-refractivity contribution >= 4 is 5.69 Å². The number of rotatable bonds is 3. The lowest BCUT2D eigenvalue weighted by molar-refractivity contribution is -0.474. The lowest BCUT2D eigenvalue weighted by Crippen LogP contribution is -2.08. The molecule has 0 saturated heterocycles. The number of hydrogen-bond donors (Lipinski definition) is 1. The summed E-state index contributed by atoms with van der Waals surface area (Å²) in [5.41, 5.74) is 0.369. The number of aromatic nitrogens is 1. The molecule has 0 amide bonds. The number of nitrogens with two attached hydrogens (primary N) is 1. The SMILES string of the molecule is N[N+](=O)c1ccc(Oc2c[c]ncc2)cc1. The number of pyridine rings is 1. The minimum Gasteiger partial charge on any atom is -0.457 e. The molecular weight excluding hydrogens is 206 g/mol. The zero-order valence-corrected chi connectivity index (χ0v) is 8.33. The van der Waals surface area contributed by atoms with Crippen LogP contribution >= 0.6 is 0 Å². The number of nitroso groups, excluding NO2 is 1. The van der Waals surface area contributed by atoms with E-state index >= 15 is 0 Å². The molecule has 0 atom stereocenters. The highest BCUT2D eigenvalue weighted by molar-refractivity contribution is 5.37. The zero-order chi connectivity index (χ0) is 11.4. The van der Waals surface area contributed by atoms with Crippen molar-refractivity contribution in [2.45, 2.75) is 0 Å². The van der Waals surface area contributed by atoms with Gasteiger partial charge in [0.25, 0.3) is 5.69 Å². The molecule has 2 N–H and O–H groups in total. The summed E-state index contributed by atoms with van der Waals surface area (Å²) in [4.78, 5) is 14.8. The largest absolute Gasteiger partial charge is 0.457 e. The fourth-order valence-electron chi connectivity index (χ4n) is 1.16. The molecule has 0 saturated carbocycles. The maximum Gasteiger partial charge on any atom is 0.291 e. The van der Waals surface area contributed by atoms with E-state index in [1.807, 2.05) is 0 Å². The lowest BCUT2D eigenvalue weighted by Gasteiger charge is -2.03. The lowest BCUT2D eigenvalue weighted by atomic mass is 10.3. The van der Waals surface area contributed by atoms with Gasteiger partial charge in [0.2, 0.25) is 0 Å². The van der Waals surface area contributed by atoms with E-state index in [0.29, 0.717) is 22.1 Å². The van der Waals surface area contributed by atoms with E-state index < -0.39 is 0 Å². The van der Waals surface area contributed by atoms with Gasteiger partial charge in [0.15, 0.2) is 4.87 Å². The van der Waals surface area contributed by atoms with Crippen molar-refractivity contribution < 1.29 is 9.61 Å². The molecule has 1 radical (unpaired) electrons. The van der Waals surface area contributed by atoms with E-state index in [0.717, 1.165) is 0 Å². The zero-order valence-electron chi connectivity index (χ0n) is 8.33. The van der Waals surface area contributed by atoms with Crippen LogP contribution in [-0.4, -0.2) is 9.85 Å². The summed E-state index contributed by atoms with van der Waals surface area (Å²) in [7, 11) is 0. The van der Waals surface area contributed by atoms with Gasteiger partial charge in [-0.25, -0.2) is 0 Å². The third kappa shape index (κ3) is 2.33. The second kappa shape index (κ2) is 4.39. The number of hydrazine groups is 1. The Balaban J connectivity index is 2.14. The average molecular weight is 215 g/mol. The minimum absolute atomic E-state index is 0.296. The number of nitrogens with zero attached hydrogens (tertiary/aromatic N) is 2. The Hall–Kier alpha value is -2.43. The monoisotopic (exact) mass is 215 g/mol. The third-order valence-electron chi connectivity index (χ3n) is 1.92. The molecule has 0 aliphatic carbocycles. The average Bonchev–Trinajstić information content (AvgIpc) is 2.31. The molecule has 2 rings (SSSR count). The normalized spacial score (nSPS) is 9.75. The summed E-state index contributed by atoms with van der Waals surface area (Å²) in [6.07, 6.45) is 4.24.